The second kappa shape index (κ2) is 6.13. The molecule has 1 rings (SSSR count). The number of halogens is 1. The summed E-state index contributed by atoms with van der Waals surface area (Å²) in [6.45, 7) is 4.10. The van der Waals surface area contributed by atoms with Crippen molar-refractivity contribution in [3.8, 4) is 0 Å². The van der Waals surface area contributed by atoms with Crippen molar-refractivity contribution in [1.29, 1.82) is 0 Å². The lowest BCUT2D eigenvalue weighted by Crippen LogP contribution is -2.31. The Morgan fingerprint density at radius 3 is 2.71 bits per heavy atom. The minimum atomic E-state index is -3.24. The second-order valence-corrected chi connectivity index (χ2v) is 7.52. The number of alkyl halides is 1. The van der Waals surface area contributed by atoms with Gasteiger partial charge in [-0.05, 0) is 12.8 Å². The molecule has 0 spiro atoms. The number of nitrogens with zero attached hydrogens (tertiary/aromatic N) is 2. The maximum atomic E-state index is 12.0. The van der Waals surface area contributed by atoms with Gasteiger partial charge >= 0.3 is 0 Å². The molecule has 1 atom stereocenters. The number of hydrogen-bond donors (Lipinski definition) is 0. The van der Waals surface area contributed by atoms with Crippen molar-refractivity contribution in [3.05, 3.63) is 16.1 Å². The molecule has 98 valence electrons. The molecule has 0 N–H and O–H groups in total. The van der Waals surface area contributed by atoms with Crippen LogP contribution in [0.2, 0.25) is 0 Å². The average molecular weight is 297 g/mol. The number of thiazole rings is 1. The van der Waals surface area contributed by atoms with Crippen LogP contribution < -0.4 is 0 Å². The van der Waals surface area contributed by atoms with Crippen LogP contribution in [0.5, 0.6) is 0 Å². The molecule has 17 heavy (non-hydrogen) atoms. The highest BCUT2D eigenvalue weighted by Gasteiger charge is 2.21. The first kappa shape index (κ1) is 14.9. The molecule has 1 heterocycles. The predicted molar refractivity (Wildman–Crippen MR) is 72.0 cm³/mol. The number of aryl methyl sites for hydroxylation is 1. The lowest BCUT2D eigenvalue weighted by atomic mass is 10.3. The van der Waals surface area contributed by atoms with Gasteiger partial charge in [0.25, 0.3) is 0 Å². The molecule has 0 fully saturated rings. The lowest BCUT2D eigenvalue weighted by molar-refractivity contribution is 0.462. The van der Waals surface area contributed by atoms with E-state index in [9.17, 15) is 8.42 Å². The third-order valence-electron chi connectivity index (χ3n) is 2.44. The topological polar surface area (TPSA) is 50.3 Å². The third-order valence-corrected chi connectivity index (χ3v) is 5.96. The SMILES string of the molecule is Cc1ncsc1CN(C)S(=O)(=O)CC(C)CCl. The summed E-state index contributed by atoms with van der Waals surface area (Å²) in [4.78, 5) is 5.09. The van der Waals surface area contributed by atoms with Gasteiger partial charge in [0.1, 0.15) is 0 Å². The molecule has 0 saturated carbocycles. The Morgan fingerprint density at radius 1 is 1.59 bits per heavy atom. The van der Waals surface area contributed by atoms with Gasteiger partial charge < -0.3 is 0 Å². The van der Waals surface area contributed by atoms with Crippen LogP contribution in [0, 0.1) is 12.8 Å². The molecule has 1 aromatic rings. The molecular formula is C10H17ClN2O2S2. The summed E-state index contributed by atoms with van der Waals surface area (Å²) >= 11 is 7.12. The monoisotopic (exact) mass is 296 g/mol. The Hall–Kier alpha value is -0.170. The molecule has 0 bridgehead atoms. The zero-order valence-corrected chi connectivity index (χ0v) is 12.6. The van der Waals surface area contributed by atoms with Gasteiger partial charge in [-0.2, -0.15) is 4.31 Å². The fourth-order valence-corrected chi connectivity index (χ4v) is 3.88. The Kier molecular flexibility index (Phi) is 5.37. The van der Waals surface area contributed by atoms with Crippen molar-refractivity contribution in [3.63, 3.8) is 0 Å². The maximum absolute atomic E-state index is 12.0. The molecule has 0 amide bonds. The van der Waals surface area contributed by atoms with Crippen molar-refractivity contribution in [2.45, 2.75) is 20.4 Å². The highest BCUT2D eigenvalue weighted by Crippen LogP contribution is 2.17. The van der Waals surface area contributed by atoms with Crippen molar-refractivity contribution in [2.75, 3.05) is 18.7 Å². The van der Waals surface area contributed by atoms with E-state index < -0.39 is 10.0 Å². The van der Waals surface area contributed by atoms with Crippen molar-refractivity contribution in [2.24, 2.45) is 5.92 Å². The Labute approximate surface area is 112 Å². The molecule has 0 aromatic carbocycles. The van der Waals surface area contributed by atoms with Crippen LogP contribution in [0.1, 0.15) is 17.5 Å². The zero-order chi connectivity index (χ0) is 13.1. The molecule has 1 aromatic heterocycles. The Balaban J connectivity index is 2.70. The quantitative estimate of drug-likeness (QED) is 0.755. The van der Waals surface area contributed by atoms with Gasteiger partial charge in [-0.1, -0.05) is 6.92 Å². The van der Waals surface area contributed by atoms with E-state index in [2.05, 4.69) is 4.98 Å². The van der Waals surface area contributed by atoms with Crippen molar-refractivity contribution >= 4 is 33.0 Å². The minimum Gasteiger partial charge on any atom is -0.250 e. The largest absolute Gasteiger partial charge is 0.250 e. The summed E-state index contributed by atoms with van der Waals surface area (Å²) in [7, 11) is -1.64. The maximum Gasteiger partial charge on any atom is 0.214 e. The van der Waals surface area contributed by atoms with Gasteiger partial charge in [0.15, 0.2) is 0 Å². The number of rotatable bonds is 6. The standard InChI is InChI=1S/C10H17ClN2O2S2/c1-8(4-11)6-17(14,15)13(3)5-10-9(2)12-7-16-10/h7-8H,4-6H2,1-3H3. The molecule has 7 heteroatoms. The molecule has 4 nitrogen and oxygen atoms in total. The zero-order valence-electron chi connectivity index (χ0n) is 10.2. The van der Waals surface area contributed by atoms with Crippen LogP contribution >= 0.6 is 22.9 Å². The fraction of sp³-hybridized carbons (Fsp3) is 0.700. The first-order chi connectivity index (χ1) is 7.86. The minimum absolute atomic E-state index is 0.0355. The fourth-order valence-electron chi connectivity index (χ4n) is 1.31. The van der Waals surface area contributed by atoms with Crippen molar-refractivity contribution in [1.82, 2.24) is 9.29 Å². The van der Waals surface area contributed by atoms with Crippen LogP contribution in [0.15, 0.2) is 5.51 Å². The number of hydrogen-bond acceptors (Lipinski definition) is 4. The van der Waals surface area contributed by atoms with Gasteiger partial charge in [-0.15, -0.1) is 22.9 Å². The van der Waals surface area contributed by atoms with Gasteiger partial charge in [-0.3, -0.25) is 0 Å². The molecule has 0 aliphatic heterocycles. The summed E-state index contributed by atoms with van der Waals surface area (Å²) in [6, 6.07) is 0. The molecule has 0 radical (unpaired) electrons. The number of aromatic nitrogens is 1. The molecule has 1 unspecified atom stereocenters. The average Bonchev–Trinajstić information content (AvgIpc) is 2.63. The second-order valence-electron chi connectivity index (χ2n) is 4.16. The molecule has 0 aliphatic rings. The first-order valence-corrected chi connectivity index (χ1v) is 8.28. The third kappa shape index (κ3) is 4.21. The Morgan fingerprint density at radius 2 is 2.24 bits per heavy atom. The smallest absolute Gasteiger partial charge is 0.214 e. The Bertz CT molecular complexity index is 459. The van der Waals surface area contributed by atoms with E-state index in [1.165, 1.54) is 15.6 Å². The van der Waals surface area contributed by atoms with E-state index in [-0.39, 0.29) is 11.7 Å². The van der Waals surface area contributed by atoms with E-state index in [4.69, 9.17) is 11.6 Å². The van der Waals surface area contributed by atoms with E-state index in [0.717, 1.165) is 10.6 Å². The molecule has 0 aliphatic carbocycles. The van der Waals surface area contributed by atoms with E-state index >= 15 is 0 Å². The summed E-state index contributed by atoms with van der Waals surface area (Å²) in [6.07, 6.45) is 0. The highest BCUT2D eigenvalue weighted by atomic mass is 35.5. The van der Waals surface area contributed by atoms with Crippen LogP contribution in [0.4, 0.5) is 0 Å². The summed E-state index contributed by atoms with van der Waals surface area (Å²) in [5.41, 5.74) is 2.62. The van der Waals surface area contributed by atoms with Gasteiger partial charge in [0, 0.05) is 24.3 Å². The van der Waals surface area contributed by atoms with Crippen LogP contribution in [0.3, 0.4) is 0 Å². The van der Waals surface area contributed by atoms with E-state index in [0.29, 0.717) is 12.4 Å². The highest BCUT2D eigenvalue weighted by molar-refractivity contribution is 7.89. The normalized spacial score (nSPS) is 14.2. The van der Waals surface area contributed by atoms with Crippen LogP contribution in [-0.2, 0) is 16.6 Å². The first-order valence-electron chi connectivity index (χ1n) is 5.25. The summed E-state index contributed by atoms with van der Waals surface area (Å²) < 4.78 is 25.3. The molecular weight excluding hydrogens is 280 g/mol. The van der Waals surface area contributed by atoms with Gasteiger partial charge in [0.2, 0.25) is 10.0 Å². The summed E-state index contributed by atoms with van der Waals surface area (Å²) in [5.74, 6) is 0.406. The van der Waals surface area contributed by atoms with Crippen molar-refractivity contribution < 1.29 is 8.42 Å². The summed E-state index contributed by atoms with van der Waals surface area (Å²) in [5, 5.41) is 0. The molecule has 0 saturated heterocycles. The lowest BCUT2D eigenvalue weighted by Gasteiger charge is -2.18. The predicted octanol–water partition coefficient (Wildman–Crippen LogP) is 2.09. The van der Waals surface area contributed by atoms with E-state index in [1.54, 1.807) is 12.6 Å². The van der Waals surface area contributed by atoms with Gasteiger partial charge in [0.05, 0.1) is 17.0 Å². The van der Waals surface area contributed by atoms with Gasteiger partial charge in [-0.25, -0.2) is 13.4 Å². The van der Waals surface area contributed by atoms with Crippen LogP contribution in [-0.4, -0.2) is 36.4 Å². The number of sulfonamides is 1. The van der Waals surface area contributed by atoms with Crippen LogP contribution in [0.25, 0.3) is 0 Å². The van der Waals surface area contributed by atoms with E-state index in [1.807, 2.05) is 13.8 Å².